The fourth-order valence-electron chi connectivity index (χ4n) is 6.62. The third-order valence-corrected chi connectivity index (χ3v) is 8.99. The Balaban J connectivity index is 1.17. The van der Waals surface area contributed by atoms with Crippen LogP contribution in [0.15, 0.2) is 66.7 Å². The smallest absolute Gasteiger partial charge is 0.251 e. The van der Waals surface area contributed by atoms with Crippen LogP contribution in [0.4, 0.5) is 0 Å². The number of aliphatic hydroxyl groups excluding tert-OH is 1. The number of rotatable bonds is 9. The van der Waals surface area contributed by atoms with Crippen molar-refractivity contribution in [3.63, 3.8) is 0 Å². The van der Waals surface area contributed by atoms with Gasteiger partial charge in [0.15, 0.2) is 0 Å². The zero-order valence-electron chi connectivity index (χ0n) is 23.5. The minimum absolute atomic E-state index is 0.152. The molecule has 2 aliphatic rings. The molecule has 2 fully saturated rings. The number of aromatic nitrogens is 2. The van der Waals surface area contributed by atoms with E-state index < -0.39 is 0 Å². The number of carbonyl (C=O) groups excluding carboxylic acids is 1. The number of nitrogens with one attached hydrogen (secondary N) is 2. The number of ether oxygens (including phenoxy) is 1. The number of carbonyl (C=O) groups is 1. The molecule has 3 atom stereocenters. The van der Waals surface area contributed by atoms with Crippen LogP contribution in [0.25, 0.3) is 22.2 Å². The van der Waals surface area contributed by atoms with Gasteiger partial charge in [0.1, 0.15) is 11.9 Å². The van der Waals surface area contributed by atoms with Crippen LogP contribution in [0.3, 0.4) is 0 Å². The van der Waals surface area contributed by atoms with Crippen molar-refractivity contribution in [2.24, 2.45) is 5.92 Å². The van der Waals surface area contributed by atoms with E-state index in [4.69, 9.17) is 16.3 Å². The van der Waals surface area contributed by atoms with Crippen molar-refractivity contribution in [2.45, 2.75) is 63.8 Å². The molecule has 8 heteroatoms. The molecule has 4 aromatic rings. The molecule has 3 N–H and O–H groups in total. The number of aliphatic hydroxyl groups is 1. The topological polar surface area (TPSA) is 90.5 Å². The highest BCUT2D eigenvalue weighted by molar-refractivity contribution is 6.31. The SMILES string of the molecule is CC(C)[C@H](NC(=O)c1ccc2[nH]nc(-c3ccc(OC4CC5CCC(C4)N5CCO)cc3)c2c1)c1ccccc1Cl. The summed E-state index contributed by atoms with van der Waals surface area (Å²) in [6.45, 7) is 5.12. The first-order chi connectivity index (χ1) is 19.9. The van der Waals surface area contributed by atoms with Crippen LogP contribution >= 0.6 is 11.6 Å². The maximum Gasteiger partial charge on any atom is 0.251 e. The Bertz CT molecular complexity index is 1500. The highest BCUT2D eigenvalue weighted by atomic mass is 35.5. The van der Waals surface area contributed by atoms with Crippen LogP contribution in [0.2, 0.25) is 5.02 Å². The van der Waals surface area contributed by atoms with Gasteiger partial charge in [-0.2, -0.15) is 5.10 Å². The molecule has 0 aliphatic carbocycles. The second-order valence-electron chi connectivity index (χ2n) is 11.6. The van der Waals surface area contributed by atoms with Crippen molar-refractivity contribution < 1.29 is 14.6 Å². The van der Waals surface area contributed by atoms with Gasteiger partial charge in [-0.3, -0.25) is 14.8 Å². The molecule has 214 valence electrons. The Morgan fingerprint density at radius 2 is 1.83 bits per heavy atom. The predicted molar refractivity (Wildman–Crippen MR) is 162 cm³/mol. The van der Waals surface area contributed by atoms with Gasteiger partial charge in [0.25, 0.3) is 5.91 Å². The minimum Gasteiger partial charge on any atom is -0.490 e. The lowest BCUT2D eigenvalue weighted by atomic mass is 9.95. The number of nitrogens with zero attached hydrogens (tertiary/aromatic N) is 2. The average Bonchev–Trinajstić information content (AvgIpc) is 3.49. The van der Waals surface area contributed by atoms with Gasteiger partial charge in [0, 0.05) is 40.2 Å². The molecular weight excluding hydrogens is 536 g/mol. The van der Waals surface area contributed by atoms with Crippen LogP contribution in [-0.2, 0) is 0 Å². The van der Waals surface area contributed by atoms with E-state index in [0.717, 1.165) is 52.9 Å². The van der Waals surface area contributed by atoms with Gasteiger partial charge < -0.3 is 15.2 Å². The fourth-order valence-corrected chi connectivity index (χ4v) is 6.87. The molecule has 2 bridgehead atoms. The van der Waals surface area contributed by atoms with Gasteiger partial charge in [0.2, 0.25) is 0 Å². The second kappa shape index (κ2) is 11.8. The first-order valence-electron chi connectivity index (χ1n) is 14.6. The Morgan fingerprint density at radius 3 is 2.51 bits per heavy atom. The summed E-state index contributed by atoms with van der Waals surface area (Å²) >= 11 is 6.46. The lowest BCUT2D eigenvalue weighted by molar-refractivity contribution is 0.0391. The summed E-state index contributed by atoms with van der Waals surface area (Å²) in [5.41, 5.74) is 4.10. The van der Waals surface area contributed by atoms with E-state index in [-0.39, 0.29) is 30.6 Å². The molecule has 6 rings (SSSR count). The van der Waals surface area contributed by atoms with Crippen LogP contribution in [-0.4, -0.2) is 57.5 Å². The van der Waals surface area contributed by atoms with Crippen LogP contribution in [0.5, 0.6) is 5.75 Å². The quantitative estimate of drug-likeness (QED) is 0.217. The molecule has 0 radical (unpaired) electrons. The lowest BCUT2D eigenvalue weighted by Gasteiger charge is -2.38. The van der Waals surface area contributed by atoms with E-state index in [9.17, 15) is 9.90 Å². The van der Waals surface area contributed by atoms with Gasteiger partial charge in [-0.25, -0.2) is 0 Å². The zero-order valence-corrected chi connectivity index (χ0v) is 24.3. The van der Waals surface area contributed by atoms with Gasteiger partial charge in [-0.15, -0.1) is 0 Å². The number of hydrogen-bond acceptors (Lipinski definition) is 5. The molecule has 3 aromatic carbocycles. The number of amides is 1. The number of halogens is 1. The average molecular weight is 573 g/mol. The van der Waals surface area contributed by atoms with Crippen molar-refractivity contribution in [1.29, 1.82) is 0 Å². The molecule has 2 unspecified atom stereocenters. The van der Waals surface area contributed by atoms with E-state index in [1.807, 2.05) is 66.7 Å². The summed E-state index contributed by atoms with van der Waals surface area (Å²) in [5.74, 6) is 0.865. The summed E-state index contributed by atoms with van der Waals surface area (Å²) in [6.07, 6.45) is 4.57. The van der Waals surface area contributed by atoms with E-state index >= 15 is 0 Å². The van der Waals surface area contributed by atoms with Crippen molar-refractivity contribution >= 4 is 28.4 Å². The van der Waals surface area contributed by atoms with Gasteiger partial charge in [-0.1, -0.05) is 43.6 Å². The van der Waals surface area contributed by atoms with E-state index in [1.54, 1.807) is 0 Å². The highest BCUT2D eigenvalue weighted by Gasteiger charge is 2.41. The molecule has 2 aliphatic heterocycles. The van der Waals surface area contributed by atoms with Crippen molar-refractivity contribution in [3.8, 4) is 17.0 Å². The summed E-state index contributed by atoms with van der Waals surface area (Å²) in [6, 6.07) is 22.1. The van der Waals surface area contributed by atoms with Crippen molar-refractivity contribution in [1.82, 2.24) is 20.4 Å². The third kappa shape index (κ3) is 5.71. The van der Waals surface area contributed by atoms with Crippen molar-refractivity contribution in [2.75, 3.05) is 13.2 Å². The normalized spacial score (nSPS) is 21.3. The number of H-pyrrole nitrogens is 1. The third-order valence-electron chi connectivity index (χ3n) is 8.65. The van der Waals surface area contributed by atoms with Crippen LogP contribution in [0.1, 0.15) is 61.5 Å². The Kier molecular flexibility index (Phi) is 8.02. The summed E-state index contributed by atoms with van der Waals surface area (Å²) in [5, 5.41) is 21.8. The van der Waals surface area contributed by atoms with Gasteiger partial charge in [0.05, 0.1) is 23.9 Å². The summed E-state index contributed by atoms with van der Waals surface area (Å²) in [4.78, 5) is 15.8. The van der Waals surface area contributed by atoms with Crippen LogP contribution < -0.4 is 10.1 Å². The maximum atomic E-state index is 13.4. The molecule has 3 heterocycles. The standard InChI is InChI=1S/C33H37ClN4O3/c1-20(2)31(27-5-3-4-6-29(27)34)35-33(40)22-9-14-30-28(17-22)32(37-36-30)21-7-12-25(13-8-21)41-26-18-23-10-11-24(19-26)38(23)15-16-39/h3-9,12-14,17,20,23-24,26,31,39H,10-11,15-16,18-19H2,1-2H3,(H,35,40)(H,36,37)/t23?,24?,26?,31-/m0/s1. The monoisotopic (exact) mass is 572 g/mol. The zero-order chi connectivity index (χ0) is 28.5. The molecule has 0 saturated carbocycles. The Hall–Kier alpha value is -3.39. The van der Waals surface area contributed by atoms with Gasteiger partial charge in [-0.05, 0) is 85.7 Å². The molecule has 1 amide bonds. The first-order valence-corrected chi connectivity index (χ1v) is 15.0. The van der Waals surface area contributed by atoms with E-state index in [0.29, 0.717) is 22.7 Å². The predicted octanol–water partition coefficient (Wildman–Crippen LogP) is 6.38. The lowest BCUT2D eigenvalue weighted by Crippen LogP contribution is -2.47. The van der Waals surface area contributed by atoms with Crippen molar-refractivity contribution in [3.05, 3.63) is 82.9 Å². The highest BCUT2D eigenvalue weighted by Crippen LogP contribution is 2.37. The number of fused-ring (bicyclic) bond motifs is 3. The molecule has 7 nitrogen and oxygen atoms in total. The molecule has 2 saturated heterocycles. The molecule has 0 spiro atoms. The van der Waals surface area contributed by atoms with Crippen LogP contribution in [0, 0.1) is 5.92 Å². The second-order valence-corrected chi connectivity index (χ2v) is 12.0. The fraction of sp³-hybridized carbons (Fsp3) is 0.394. The first kappa shape index (κ1) is 27.8. The molecular formula is C33H37ClN4O3. The number of piperidine rings is 1. The Labute approximate surface area is 245 Å². The summed E-state index contributed by atoms with van der Waals surface area (Å²) in [7, 11) is 0. The minimum atomic E-state index is -0.208. The molecule has 1 aromatic heterocycles. The maximum absolute atomic E-state index is 13.4. The number of aromatic amines is 1. The van der Waals surface area contributed by atoms with E-state index in [2.05, 4.69) is 34.3 Å². The largest absolute Gasteiger partial charge is 0.490 e. The molecule has 41 heavy (non-hydrogen) atoms. The van der Waals surface area contributed by atoms with Gasteiger partial charge >= 0.3 is 0 Å². The number of hydrogen-bond donors (Lipinski definition) is 3. The van der Waals surface area contributed by atoms with E-state index in [1.165, 1.54) is 12.8 Å². The summed E-state index contributed by atoms with van der Waals surface area (Å²) < 4.78 is 6.39. The number of benzene rings is 3. The Morgan fingerprint density at radius 1 is 1.10 bits per heavy atom.